The van der Waals surface area contributed by atoms with Crippen molar-refractivity contribution < 1.29 is 10.4 Å². The summed E-state index contributed by atoms with van der Waals surface area (Å²) < 4.78 is 0.887. The Morgan fingerprint density at radius 2 is 1.71 bits per heavy atom. The van der Waals surface area contributed by atoms with E-state index in [1.807, 2.05) is 32.0 Å². The molecule has 0 amide bonds. The molecule has 1 N–H and O–H groups in total. The van der Waals surface area contributed by atoms with Crippen molar-refractivity contribution in [3.8, 4) is 0 Å². The van der Waals surface area contributed by atoms with Crippen LogP contribution in [-0.4, -0.2) is 26.4 Å². The summed E-state index contributed by atoms with van der Waals surface area (Å²) in [6.07, 6.45) is 0. The van der Waals surface area contributed by atoms with Gasteiger partial charge in [-0.3, -0.25) is 5.21 Å². The molecular weight excluding hydrogens is 336 g/mol. The molecule has 2 aliphatic rings. The van der Waals surface area contributed by atoms with Gasteiger partial charge in [-0.05, 0) is 45.9 Å². The Labute approximate surface area is 130 Å². The number of nitrogens with zero attached hydrogens (tertiary/aromatic N) is 4. The van der Waals surface area contributed by atoms with E-state index in [-0.39, 0.29) is 11.6 Å². The molecule has 0 atom stereocenters. The van der Waals surface area contributed by atoms with Crippen LogP contribution in [0.15, 0.2) is 44.3 Å². The maximum absolute atomic E-state index is 12.6. The van der Waals surface area contributed by atoms with Crippen molar-refractivity contribution in [3.05, 3.63) is 45.0 Å². The second-order valence-corrected chi connectivity index (χ2v) is 7.14. The lowest BCUT2D eigenvalue weighted by Gasteiger charge is -2.36. The fourth-order valence-corrected chi connectivity index (χ4v) is 2.69. The van der Waals surface area contributed by atoms with Gasteiger partial charge >= 0.3 is 0 Å². The van der Waals surface area contributed by atoms with Crippen LogP contribution in [0, 0.1) is 0 Å². The molecule has 0 spiro atoms. The van der Waals surface area contributed by atoms with Crippen molar-refractivity contribution in [2.75, 3.05) is 0 Å². The van der Waals surface area contributed by atoms with Gasteiger partial charge in [-0.25, -0.2) is 15.0 Å². The molecule has 21 heavy (non-hydrogen) atoms. The Bertz CT molecular complexity index is 748. The summed E-state index contributed by atoms with van der Waals surface area (Å²) in [6.45, 7) is 7.19. The number of hydroxylamine groups is 4. The van der Waals surface area contributed by atoms with Crippen molar-refractivity contribution in [2.24, 2.45) is 9.98 Å². The van der Waals surface area contributed by atoms with Gasteiger partial charge in [0.25, 0.3) is 0 Å². The number of benzene rings is 1. The van der Waals surface area contributed by atoms with Gasteiger partial charge < -0.3 is 0 Å². The third kappa shape index (κ3) is 1.84. The van der Waals surface area contributed by atoms with Gasteiger partial charge in [0, 0.05) is 4.47 Å². The molecule has 6 nitrogen and oxygen atoms in total. The van der Waals surface area contributed by atoms with Crippen LogP contribution in [0.2, 0.25) is 0 Å². The Morgan fingerprint density at radius 3 is 2.29 bits per heavy atom. The minimum Gasteiger partial charge on any atom is -0.286 e. The molecule has 0 aliphatic carbocycles. The lowest BCUT2D eigenvalue weighted by atomic mass is 9.84. The van der Waals surface area contributed by atoms with E-state index in [1.54, 1.807) is 13.8 Å². The molecule has 0 saturated carbocycles. The monoisotopic (exact) mass is 351 g/mol. The van der Waals surface area contributed by atoms with Gasteiger partial charge in [-0.2, -0.15) is 5.06 Å². The van der Waals surface area contributed by atoms with Crippen LogP contribution in [0.25, 0.3) is 0 Å². The van der Waals surface area contributed by atoms with Crippen molar-refractivity contribution in [3.63, 3.8) is 0 Å². The smallest absolute Gasteiger partial charge is 0.202 e. The molecule has 3 rings (SSSR count). The van der Waals surface area contributed by atoms with E-state index < -0.39 is 11.1 Å². The third-order valence-corrected chi connectivity index (χ3v) is 5.01. The molecule has 0 unspecified atom stereocenters. The minimum absolute atomic E-state index is 0.0809. The van der Waals surface area contributed by atoms with E-state index in [0.717, 1.165) is 14.6 Å². The molecule has 1 aromatic carbocycles. The highest BCUT2D eigenvalue weighted by Gasteiger charge is 2.57. The second kappa shape index (κ2) is 4.28. The maximum Gasteiger partial charge on any atom is 0.202 e. The van der Waals surface area contributed by atoms with Gasteiger partial charge in [-0.1, -0.05) is 21.1 Å². The average molecular weight is 352 g/mol. The van der Waals surface area contributed by atoms with Gasteiger partial charge in [-0.15, -0.1) is 0 Å². The third-order valence-electron chi connectivity index (χ3n) is 4.52. The van der Waals surface area contributed by atoms with Crippen molar-refractivity contribution in [2.45, 2.75) is 38.8 Å². The molecule has 7 heteroatoms. The van der Waals surface area contributed by atoms with Crippen LogP contribution in [0.3, 0.4) is 0 Å². The fourth-order valence-electron chi connectivity index (χ4n) is 2.34. The standard InChI is InChI=1S/C14H16BrN4O2/c1-13(2)14(3,4)19(21)12(18(13)20)11-16-9-6-5-8(15)7-10(9)17-11/h5-7,20H,1-4H3/b12-11-. The quantitative estimate of drug-likeness (QED) is 0.773. The van der Waals surface area contributed by atoms with Crippen molar-refractivity contribution in [1.82, 2.24) is 10.1 Å². The van der Waals surface area contributed by atoms with Crippen molar-refractivity contribution in [1.29, 1.82) is 0 Å². The maximum atomic E-state index is 12.6. The Balaban J connectivity index is 2.22. The summed E-state index contributed by atoms with van der Waals surface area (Å²) in [5.41, 5.74) is -1.55. The molecule has 2 aliphatic heterocycles. The van der Waals surface area contributed by atoms with E-state index >= 15 is 0 Å². The first-order valence-corrected chi connectivity index (χ1v) is 7.39. The predicted octanol–water partition coefficient (Wildman–Crippen LogP) is 1.74. The zero-order valence-electron chi connectivity index (χ0n) is 12.3. The zero-order chi connectivity index (χ0) is 15.6. The summed E-state index contributed by atoms with van der Waals surface area (Å²) >= 11 is 3.38. The lowest BCUT2D eigenvalue weighted by Crippen LogP contribution is -2.52. The van der Waals surface area contributed by atoms with Crippen LogP contribution >= 0.6 is 15.9 Å². The second-order valence-electron chi connectivity index (χ2n) is 6.23. The van der Waals surface area contributed by atoms with Gasteiger partial charge in [0.1, 0.15) is 0 Å². The van der Waals surface area contributed by atoms with E-state index in [1.165, 1.54) is 0 Å². The first-order valence-electron chi connectivity index (χ1n) is 6.60. The van der Waals surface area contributed by atoms with E-state index in [4.69, 9.17) is 0 Å². The molecule has 2 heterocycles. The van der Waals surface area contributed by atoms with E-state index in [2.05, 4.69) is 25.9 Å². The normalized spacial score (nSPS) is 25.7. The average Bonchev–Trinajstić information content (AvgIpc) is 2.84. The summed E-state index contributed by atoms with van der Waals surface area (Å²) in [5, 5.41) is 26.1. The van der Waals surface area contributed by atoms with E-state index in [0.29, 0.717) is 10.7 Å². The number of hydrogen-bond acceptors (Lipinski definition) is 5. The summed E-state index contributed by atoms with van der Waals surface area (Å²) in [4.78, 5) is 8.72. The van der Waals surface area contributed by atoms with Gasteiger partial charge in [0.05, 0.1) is 21.8 Å². The van der Waals surface area contributed by atoms with Crippen LogP contribution in [0.5, 0.6) is 0 Å². The molecule has 1 aromatic rings. The van der Waals surface area contributed by atoms with Gasteiger partial charge in [0.15, 0.2) is 5.82 Å². The molecule has 111 valence electrons. The number of hydrogen-bond donors (Lipinski definition) is 1. The van der Waals surface area contributed by atoms with Crippen LogP contribution in [0.4, 0.5) is 0 Å². The summed E-state index contributed by atoms with van der Waals surface area (Å²) in [6, 6.07) is 5.51. The highest BCUT2D eigenvalue weighted by Crippen LogP contribution is 2.44. The fraction of sp³-hybridized carbons (Fsp3) is 0.429. The Kier molecular flexibility index (Phi) is 2.96. The van der Waals surface area contributed by atoms with Crippen LogP contribution < -0.4 is 10.7 Å². The SMILES string of the molecule is CC1(C)N([O])/C(=C2/N=c3ccc(Br)cc3=N2)N(O)C1(C)C. The topological polar surface area (TPSA) is 71.3 Å². The summed E-state index contributed by atoms with van der Waals surface area (Å²) in [5.74, 6) is 0.316. The first-order chi connectivity index (χ1) is 9.66. The predicted molar refractivity (Wildman–Crippen MR) is 77.8 cm³/mol. The molecule has 0 aromatic heterocycles. The van der Waals surface area contributed by atoms with Crippen LogP contribution in [0.1, 0.15) is 27.7 Å². The van der Waals surface area contributed by atoms with E-state index in [9.17, 15) is 10.4 Å². The minimum atomic E-state index is -0.801. The Morgan fingerprint density at radius 1 is 1.10 bits per heavy atom. The van der Waals surface area contributed by atoms with Gasteiger partial charge in [0.2, 0.25) is 5.82 Å². The molecule has 1 saturated heterocycles. The summed E-state index contributed by atoms with van der Waals surface area (Å²) in [7, 11) is 0. The zero-order valence-corrected chi connectivity index (χ0v) is 13.8. The number of halogens is 1. The van der Waals surface area contributed by atoms with Crippen LogP contribution in [-0.2, 0) is 5.21 Å². The highest BCUT2D eigenvalue weighted by atomic mass is 79.9. The number of rotatable bonds is 0. The molecule has 1 fully saturated rings. The molecular formula is C14H16BrN4O2. The molecule has 0 bridgehead atoms. The first kappa shape index (κ1) is 14.5. The Hall–Kier alpha value is -1.44. The molecule has 1 radical (unpaired) electrons. The number of fused-ring (bicyclic) bond motifs is 1. The highest BCUT2D eigenvalue weighted by molar-refractivity contribution is 9.10. The largest absolute Gasteiger partial charge is 0.286 e. The van der Waals surface area contributed by atoms with Crippen molar-refractivity contribution >= 4 is 15.9 Å². The lowest BCUT2D eigenvalue weighted by molar-refractivity contribution is -0.182.